The zero-order valence-electron chi connectivity index (χ0n) is 14.1. The van der Waals surface area contributed by atoms with E-state index in [-0.39, 0.29) is 11.9 Å². The van der Waals surface area contributed by atoms with Crippen LogP contribution in [0, 0.1) is 0 Å². The van der Waals surface area contributed by atoms with Gasteiger partial charge in [-0.2, -0.15) is 0 Å². The molecule has 1 aromatic carbocycles. The Morgan fingerprint density at radius 2 is 2.12 bits per heavy atom. The fourth-order valence-electron chi connectivity index (χ4n) is 2.72. The minimum Gasteiger partial charge on any atom is -0.467 e. The van der Waals surface area contributed by atoms with E-state index in [4.69, 9.17) is 4.42 Å². The van der Waals surface area contributed by atoms with Crippen LogP contribution in [0.25, 0.3) is 10.9 Å². The highest BCUT2D eigenvalue weighted by atomic mass is 16.3. The summed E-state index contributed by atoms with van der Waals surface area (Å²) >= 11 is 0. The largest absolute Gasteiger partial charge is 0.467 e. The molecule has 2 aromatic heterocycles. The Morgan fingerprint density at radius 1 is 1.29 bits per heavy atom. The van der Waals surface area contributed by atoms with E-state index in [2.05, 4.69) is 40.3 Å². The lowest BCUT2D eigenvalue weighted by atomic mass is 10.2. The number of para-hydroxylation sites is 1. The van der Waals surface area contributed by atoms with Gasteiger partial charge in [0.2, 0.25) is 5.91 Å². The maximum absolute atomic E-state index is 12.0. The number of nitrogens with zero attached hydrogens (tertiary/aromatic N) is 1. The highest BCUT2D eigenvalue weighted by molar-refractivity contribution is 5.80. The first-order chi connectivity index (χ1) is 11.6. The number of aromatic amines is 1. The number of fused-ring (bicyclic) bond motifs is 1. The Morgan fingerprint density at radius 3 is 2.88 bits per heavy atom. The van der Waals surface area contributed by atoms with Crippen molar-refractivity contribution in [2.24, 2.45) is 0 Å². The number of nitrogens with one attached hydrogen (secondary N) is 2. The molecule has 3 rings (SSSR count). The molecule has 0 aliphatic rings. The van der Waals surface area contributed by atoms with Gasteiger partial charge in [-0.05, 0) is 43.6 Å². The Kier molecular flexibility index (Phi) is 5.01. The zero-order chi connectivity index (χ0) is 16.9. The minimum absolute atomic E-state index is 0.0297. The molecule has 0 unspecified atom stereocenters. The van der Waals surface area contributed by atoms with Gasteiger partial charge in [0.1, 0.15) is 5.76 Å². The van der Waals surface area contributed by atoms with E-state index in [1.54, 1.807) is 6.26 Å². The first kappa shape index (κ1) is 16.3. The van der Waals surface area contributed by atoms with Gasteiger partial charge < -0.3 is 14.7 Å². The summed E-state index contributed by atoms with van der Waals surface area (Å²) in [6.07, 6.45) is 2.07. The van der Waals surface area contributed by atoms with Gasteiger partial charge in [0.25, 0.3) is 0 Å². The van der Waals surface area contributed by atoms with Crippen molar-refractivity contribution in [3.8, 4) is 0 Å². The average molecular weight is 325 g/mol. The summed E-state index contributed by atoms with van der Waals surface area (Å²) in [5.41, 5.74) is 2.30. The van der Waals surface area contributed by atoms with Gasteiger partial charge >= 0.3 is 0 Å². The summed E-state index contributed by atoms with van der Waals surface area (Å²) in [4.78, 5) is 17.6. The SMILES string of the molecule is C[C@H](c1cc2ccccc2[nH]1)N(C)CCC(=O)NCc1ccco1. The van der Waals surface area contributed by atoms with E-state index >= 15 is 0 Å². The standard InChI is InChI=1S/C19H23N3O2/c1-14(18-12-15-6-3-4-8-17(15)21-18)22(2)10-9-19(23)20-13-16-7-5-11-24-16/h3-8,11-12,14,21H,9-10,13H2,1-2H3,(H,20,23)/t14-/m1/s1. The lowest BCUT2D eigenvalue weighted by molar-refractivity contribution is -0.121. The molecule has 126 valence electrons. The Balaban J connectivity index is 1.50. The van der Waals surface area contributed by atoms with Crippen LogP contribution in [0.3, 0.4) is 0 Å². The van der Waals surface area contributed by atoms with Crippen molar-refractivity contribution in [2.75, 3.05) is 13.6 Å². The lowest BCUT2D eigenvalue weighted by Crippen LogP contribution is -2.30. The summed E-state index contributed by atoms with van der Waals surface area (Å²) in [7, 11) is 2.04. The number of hydrogen-bond acceptors (Lipinski definition) is 3. The highest BCUT2D eigenvalue weighted by Gasteiger charge is 2.15. The Labute approximate surface area is 141 Å². The summed E-state index contributed by atoms with van der Waals surface area (Å²) in [6, 6.07) is 14.3. The van der Waals surface area contributed by atoms with Crippen molar-refractivity contribution >= 4 is 16.8 Å². The van der Waals surface area contributed by atoms with Gasteiger partial charge in [0, 0.05) is 30.2 Å². The minimum atomic E-state index is 0.0297. The van der Waals surface area contributed by atoms with Gasteiger partial charge in [0.15, 0.2) is 0 Å². The summed E-state index contributed by atoms with van der Waals surface area (Å²) < 4.78 is 5.21. The van der Waals surface area contributed by atoms with Gasteiger partial charge in [-0.15, -0.1) is 0 Å². The Bertz CT molecular complexity index is 759. The number of aromatic nitrogens is 1. The van der Waals surface area contributed by atoms with Crippen LogP contribution < -0.4 is 5.32 Å². The third-order valence-electron chi connectivity index (χ3n) is 4.39. The molecule has 0 spiro atoms. The quantitative estimate of drug-likeness (QED) is 0.699. The first-order valence-corrected chi connectivity index (χ1v) is 8.20. The predicted molar refractivity (Wildman–Crippen MR) is 94.5 cm³/mol. The molecular formula is C19H23N3O2. The third kappa shape index (κ3) is 3.86. The van der Waals surface area contributed by atoms with Gasteiger partial charge in [-0.25, -0.2) is 0 Å². The number of hydrogen-bond donors (Lipinski definition) is 2. The van der Waals surface area contributed by atoms with Crippen molar-refractivity contribution in [1.82, 2.24) is 15.2 Å². The second-order valence-electron chi connectivity index (χ2n) is 6.07. The van der Waals surface area contributed by atoms with Crippen LogP contribution in [-0.2, 0) is 11.3 Å². The smallest absolute Gasteiger partial charge is 0.221 e. The van der Waals surface area contributed by atoms with Gasteiger partial charge in [-0.1, -0.05) is 18.2 Å². The first-order valence-electron chi connectivity index (χ1n) is 8.20. The normalized spacial score (nSPS) is 12.6. The van der Waals surface area contributed by atoms with Crippen molar-refractivity contribution in [2.45, 2.75) is 25.9 Å². The van der Waals surface area contributed by atoms with Crippen LogP contribution in [0.5, 0.6) is 0 Å². The van der Waals surface area contributed by atoms with Crippen molar-refractivity contribution in [3.05, 3.63) is 60.2 Å². The number of rotatable bonds is 7. The maximum Gasteiger partial charge on any atom is 0.221 e. The molecule has 1 amide bonds. The second kappa shape index (κ2) is 7.36. The second-order valence-corrected chi connectivity index (χ2v) is 6.07. The molecule has 5 heteroatoms. The van der Waals surface area contributed by atoms with E-state index in [0.717, 1.165) is 17.0 Å². The van der Waals surface area contributed by atoms with Crippen molar-refractivity contribution in [3.63, 3.8) is 0 Å². The molecule has 0 saturated heterocycles. The molecule has 2 N–H and O–H groups in total. The predicted octanol–water partition coefficient (Wildman–Crippen LogP) is 3.46. The fraction of sp³-hybridized carbons (Fsp3) is 0.316. The molecular weight excluding hydrogens is 302 g/mol. The van der Waals surface area contributed by atoms with E-state index in [1.807, 2.05) is 31.3 Å². The van der Waals surface area contributed by atoms with E-state index in [0.29, 0.717) is 19.5 Å². The molecule has 2 heterocycles. The van der Waals surface area contributed by atoms with Crippen molar-refractivity contribution < 1.29 is 9.21 Å². The molecule has 0 bridgehead atoms. The summed E-state index contributed by atoms with van der Waals surface area (Å²) in [5, 5.41) is 4.09. The third-order valence-corrected chi connectivity index (χ3v) is 4.39. The summed E-state index contributed by atoms with van der Waals surface area (Å²) in [5.74, 6) is 0.797. The van der Waals surface area contributed by atoms with Crippen LogP contribution in [0.2, 0.25) is 0 Å². The van der Waals surface area contributed by atoms with Gasteiger partial charge in [-0.3, -0.25) is 9.69 Å². The number of H-pyrrole nitrogens is 1. The number of carbonyl (C=O) groups excluding carboxylic acids is 1. The van der Waals surface area contributed by atoms with E-state index < -0.39 is 0 Å². The number of amides is 1. The lowest BCUT2D eigenvalue weighted by Gasteiger charge is -2.23. The van der Waals surface area contributed by atoms with Crippen molar-refractivity contribution in [1.29, 1.82) is 0 Å². The molecule has 0 fully saturated rings. The number of carbonyl (C=O) groups is 1. The maximum atomic E-state index is 12.0. The zero-order valence-corrected chi connectivity index (χ0v) is 14.1. The molecule has 0 aliphatic carbocycles. The van der Waals surface area contributed by atoms with Crippen LogP contribution in [0.4, 0.5) is 0 Å². The monoisotopic (exact) mass is 325 g/mol. The fourth-order valence-corrected chi connectivity index (χ4v) is 2.72. The molecule has 0 saturated carbocycles. The molecule has 0 aliphatic heterocycles. The van der Waals surface area contributed by atoms with Gasteiger partial charge in [0.05, 0.1) is 12.8 Å². The molecule has 5 nitrogen and oxygen atoms in total. The highest BCUT2D eigenvalue weighted by Crippen LogP contribution is 2.23. The van der Waals surface area contributed by atoms with E-state index in [1.165, 1.54) is 5.39 Å². The van der Waals surface area contributed by atoms with Crippen LogP contribution in [0.15, 0.2) is 53.1 Å². The number of furan rings is 1. The molecule has 3 aromatic rings. The topological polar surface area (TPSA) is 61.3 Å². The molecule has 1 atom stereocenters. The van der Waals surface area contributed by atoms with Crippen LogP contribution in [-0.4, -0.2) is 29.4 Å². The number of benzene rings is 1. The molecule has 24 heavy (non-hydrogen) atoms. The summed E-state index contributed by atoms with van der Waals surface area (Å²) in [6.45, 7) is 3.28. The van der Waals surface area contributed by atoms with Crippen LogP contribution in [0.1, 0.15) is 30.8 Å². The molecule has 0 radical (unpaired) electrons. The van der Waals surface area contributed by atoms with E-state index in [9.17, 15) is 4.79 Å². The Hall–Kier alpha value is -2.53. The average Bonchev–Trinajstić information content (AvgIpc) is 3.25. The van der Waals surface area contributed by atoms with Crippen LogP contribution >= 0.6 is 0 Å².